The van der Waals surface area contributed by atoms with E-state index in [1.165, 1.54) is 0 Å². The Morgan fingerprint density at radius 3 is 2.67 bits per heavy atom. The van der Waals surface area contributed by atoms with Crippen LogP contribution in [0.3, 0.4) is 0 Å². The van der Waals surface area contributed by atoms with Crippen LogP contribution in [0, 0.1) is 0 Å². The zero-order chi connectivity index (χ0) is 10.7. The van der Waals surface area contributed by atoms with Crippen molar-refractivity contribution in [2.24, 2.45) is 0 Å². The lowest BCUT2D eigenvalue weighted by atomic mass is 10.2. The number of para-hydroxylation sites is 1. The van der Waals surface area contributed by atoms with Crippen molar-refractivity contribution in [1.82, 2.24) is 0 Å². The van der Waals surface area contributed by atoms with Gasteiger partial charge in [-0.15, -0.1) is 0 Å². The molecule has 0 fully saturated rings. The Labute approximate surface area is 86.5 Å². The molecule has 0 aromatic heterocycles. The molecule has 0 radical (unpaired) electrons. The minimum absolute atomic E-state index is 0.0662. The maximum absolute atomic E-state index is 11.2. The van der Waals surface area contributed by atoms with Gasteiger partial charge in [0, 0.05) is 5.69 Å². The molecule has 76 valence electrons. The van der Waals surface area contributed by atoms with E-state index in [0.717, 1.165) is 5.69 Å². The number of hydrogen-bond acceptors (Lipinski definition) is 4. The van der Waals surface area contributed by atoms with Crippen molar-refractivity contribution >= 4 is 17.8 Å². The van der Waals surface area contributed by atoms with Crippen LogP contribution in [0.5, 0.6) is 0 Å². The predicted molar refractivity (Wildman–Crippen MR) is 54.1 cm³/mol. The number of carbonyl (C=O) groups is 2. The van der Waals surface area contributed by atoms with Crippen molar-refractivity contribution in [2.75, 3.05) is 11.9 Å². The summed E-state index contributed by atoms with van der Waals surface area (Å²) >= 11 is 0. The van der Waals surface area contributed by atoms with Crippen molar-refractivity contribution in [3.8, 4) is 0 Å². The Hall–Kier alpha value is -2.10. The Bertz CT molecular complexity index is 423. The molecule has 1 aromatic carbocycles. The Morgan fingerprint density at radius 2 is 2.00 bits per heavy atom. The molecule has 4 heteroatoms. The van der Waals surface area contributed by atoms with Crippen molar-refractivity contribution in [1.29, 1.82) is 0 Å². The summed E-state index contributed by atoms with van der Waals surface area (Å²) in [6.07, 6.45) is 0.514. The second-order valence-electron chi connectivity index (χ2n) is 3.06. The number of nitrogens with one attached hydrogen (secondary N) is 1. The van der Waals surface area contributed by atoms with Crippen LogP contribution < -0.4 is 5.32 Å². The summed E-state index contributed by atoms with van der Waals surface area (Å²) in [7, 11) is 0. The highest BCUT2D eigenvalue weighted by Gasteiger charge is 2.24. The van der Waals surface area contributed by atoms with Gasteiger partial charge < -0.3 is 10.1 Å². The SMILES string of the molecule is O=CC1=C(Nc2ccccc2)OCC1=O. The summed E-state index contributed by atoms with van der Waals surface area (Å²) in [6, 6.07) is 9.21. The fourth-order valence-electron chi connectivity index (χ4n) is 1.30. The molecule has 1 heterocycles. The Balaban J connectivity index is 2.22. The topological polar surface area (TPSA) is 55.4 Å². The third kappa shape index (κ3) is 1.88. The average molecular weight is 203 g/mol. The molecule has 2 rings (SSSR count). The molecule has 0 unspecified atom stereocenters. The summed E-state index contributed by atoms with van der Waals surface area (Å²) in [5.41, 5.74) is 0.848. The fraction of sp³-hybridized carbons (Fsp3) is 0.0909. The third-order valence-corrected chi connectivity index (χ3v) is 2.04. The highest BCUT2D eigenvalue weighted by molar-refractivity contribution is 6.14. The average Bonchev–Trinajstić information content (AvgIpc) is 2.61. The molecule has 15 heavy (non-hydrogen) atoms. The van der Waals surface area contributed by atoms with E-state index >= 15 is 0 Å². The first kappa shape index (κ1) is 9.45. The highest BCUT2D eigenvalue weighted by atomic mass is 16.5. The van der Waals surface area contributed by atoms with E-state index in [4.69, 9.17) is 4.74 Å². The number of Topliss-reactive ketones (excluding diaryl/α,β-unsaturated/α-hetero) is 1. The summed E-state index contributed by atoms with van der Waals surface area (Å²) in [6.45, 7) is -0.0662. The van der Waals surface area contributed by atoms with Crippen LogP contribution in [0.15, 0.2) is 41.8 Å². The quantitative estimate of drug-likeness (QED) is 0.590. The Kier molecular flexibility index (Phi) is 2.49. The number of ether oxygens (including phenoxy) is 1. The van der Waals surface area contributed by atoms with Gasteiger partial charge in [0.1, 0.15) is 5.57 Å². The van der Waals surface area contributed by atoms with Crippen molar-refractivity contribution in [3.63, 3.8) is 0 Å². The molecule has 0 atom stereocenters. The summed E-state index contributed by atoms with van der Waals surface area (Å²) in [5, 5.41) is 2.88. The second-order valence-corrected chi connectivity index (χ2v) is 3.06. The van der Waals surface area contributed by atoms with Crippen molar-refractivity contribution in [2.45, 2.75) is 0 Å². The molecule has 1 aliphatic heterocycles. The molecule has 0 saturated carbocycles. The molecule has 0 spiro atoms. The van der Waals surface area contributed by atoms with E-state index in [0.29, 0.717) is 6.29 Å². The molecule has 1 aliphatic rings. The van der Waals surface area contributed by atoms with Gasteiger partial charge in [0.15, 0.2) is 12.9 Å². The maximum atomic E-state index is 11.2. The molecule has 1 N–H and O–H groups in total. The second kappa shape index (κ2) is 3.96. The fourth-order valence-corrected chi connectivity index (χ4v) is 1.30. The van der Waals surface area contributed by atoms with E-state index in [2.05, 4.69) is 5.32 Å². The molecule has 4 nitrogen and oxygen atoms in total. The lowest BCUT2D eigenvalue weighted by Crippen LogP contribution is -2.03. The smallest absolute Gasteiger partial charge is 0.208 e. The number of benzene rings is 1. The van der Waals surface area contributed by atoms with Gasteiger partial charge in [-0.05, 0) is 12.1 Å². The zero-order valence-electron chi connectivity index (χ0n) is 7.90. The zero-order valence-corrected chi connectivity index (χ0v) is 7.90. The standard InChI is InChI=1S/C11H9NO3/c13-6-9-10(14)7-15-11(9)12-8-4-2-1-3-5-8/h1-6,12H,7H2. The van der Waals surface area contributed by atoms with Gasteiger partial charge in [0.2, 0.25) is 11.7 Å². The van der Waals surface area contributed by atoms with E-state index in [1.54, 1.807) is 0 Å². The number of carbonyl (C=O) groups excluding carboxylic acids is 2. The normalized spacial score (nSPS) is 15.1. The largest absolute Gasteiger partial charge is 0.470 e. The van der Waals surface area contributed by atoms with Crippen LogP contribution in [-0.2, 0) is 14.3 Å². The van der Waals surface area contributed by atoms with E-state index in [1.807, 2.05) is 30.3 Å². The first-order valence-electron chi connectivity index (χ1n) is 4.49. The predicted octanol–water partition coefficient (Wildman–Crippen LogP) is 1.11. The number of aldehydes is 1. The van der Waals surface area contributed by atoms with Crippen LogP contribution in [0.2, 0.25) is 0 Å². The monoisotopic (exact) mass is 203 g/mol. The molecule has 0 bridgehead atoms. The first-order chi connectivity index (χ1) is 7.31. The molecular weight excluding hydrogens is 194 g/mol. The van der Waals surface area contributed by atoms with Gasteiger partial charge in [-0.2, -0.15) is 0 Å². The first-order valence-corrected chi connectivity index (χ1v) is 4.49. The number of rotatable bonds is 3. The molecule has 1 aromatic rings. The number of hydrogen-bond donors (Lipinski definition) is 1. The van der Waals surface area contributed by atoms with Gasteiger partial charge in [-0.25, -0.2) is 0 Å². The van der Waals surface area contributed by atoms with E-state index < -0.39 is 0 Å². The highest BCUT2D eigenvalue weighted by Crippen LogP contribution is 2.17. The maximum Gasteiger partial charge on any atom is 0.208 e. The molecular formula is C11H9NO3. The lowest BCUT2D eigenvalue weighted by Gasteiger charge is -2.06. The minimum atomic E-state index is -0.288. The summed E-state index contributed by atoms with van der Waals surface area (Å²) in [4.78, 5) is 21.8. The lowest BCUT2D eigenvalue weighted by molar-refractivity contribution is -0.118. The number of ketones is 1. The summed E-state index contributed by atoms with van der Waals surface area (Å²) < 4.78 is 5.06. The van der Waals surface area contributed by atoms with E-state index in [-0.39, 0.29) is 23.8 Å². The van der Waals surface area contributed by atoms with Crippen molar-refractivity contribution in [3.05, 3.63) is 41.8 Å². The van der Waals surface area contributed by atoms with Gasteiger partial charge >= 0.3 is 0 Å². The van der Waals surface area contributed by atoms with Crippen LogP contribution >= 0.6 is 0 Å². The van der Waals surface area contributed by atoms with Crippen LogP contribution in [0.25, 0.3) is 0 Å². The van der Waals surface area contributed by atoms with Gasteiger partial charge in [-0.1, -0.05) is 18.2 Å². The van der Waals surface area contributed by atoms with Crippen molar-refractivity contribution < 1.29 is 14.3 Å². The Morgan fingerprint density at radius 1 is 1.27 bits per heavy atom. The third-order valence-electron chi connectivity index (χ3n) is 2.04. The van der Waals surface area contributed by atoms with E-state index in [9.17, 15) is 9.59 Å². The molecule has 0 saturated heterocycles. The van der Waals surface area contributed by atoms with Gasteiger partial charge in [0.05, 0.1) is 0 Å². The molecule has 0 amide bonds. The summed E-state index contributed by atoms with van der Waals surface area (Å²) in [5.74, 6) is -0.0513. The van der Waals surface area contributed by atoms with Crippen LogP contribution in [0.1, 0.15) is 0 Å². The minimum Gasteiger partial charge on any atom is -0.470 e. The van der Waals surface area contributed by atoms with Gasteiger partial charge in [-0.3, -0.25) is 9.59 Å². The molecule has 0 aliphatic carbocycles. The van der Waals surface area contributed by atoms with Crippen LogP contribution in [-0.4, -0.2) is 18.7 Å². The number of anilines is 1. The van der Waals surface area contributed by atoms with Gasteiger partial charge in [0.25, 0.3) is 0 Å². The van der Waals surface area contributed by atoms with Crippen LogP contribution in [0.4, 0.5) is 5.69 Å².